The SMILES string of the molecule is COC(=O)COc1cc(N=C=O)c(Cl)cc1Cl. The first-order chi connectivity index (χ1) is 8.08. The maximum absolute atomic E-state index is 10.9. The maximum atomic E-state index is 10.9. The first-order valence-electron chi connectivity index (χ1n) is 4.35. The van der Waals surface area contributed by atoms with Gasteiger partial charge in [-0.1, -0.05) is 23.2 Å². The van der Waals surface area contributed by atoms with Crippen LogP contribution in [0.3, 0.4) is 0 Å². The highest BCUT2D eigenvalue weighted by molar-refractivity contribution is 6.37. The number of esters is 1. The number of ether oxygens (including phenoxy) is 2. The molecule has 0 unspecified atom stereocenters. The molecule has 0 aliphatic carbocycles. The van der Waals surface area contributed by atoms with Gasteiger partial charge in [0, 0.05) is 6.07 Å². The van der Waals surface area contributed by atoms with Gasteiger partial charge in [0.15, 0.2) is 6.61 Å². The van der Waals surface area contributed by atoms with Crippen LogP contribution in [0.2, 0.25) is 10.0 Å². The molecule has 0 spiro atoms. The van der Waals surface area contributed by atoms with Crippen molar-refractivity contribution in [3.8, 4) is 5.75 Å². The summed E-state index contributed by atoms with van der Waals surface area (Å²) in [6.45, 7) is -0.303. The van der Waals surface area contributed by atoms with Gasteiger partial charge in [-0.05, 0) is 6.07 Å². The molecule has 0 fully saturated rings. The van der Waals surface area contributed by atoms with Gasteiger partial charge in [-0.15, -0.1) is 0 Å². The van der Waals surface area contributed by atoms with E-state index in [0.717, 1.165) is 0 Å². The van der Waals surface area contributed by atoms with E-state index in [-0.39, 0.29) is 28.1 Å². The van der Waals surface area contributed by atoms with Crippen LogP contribution in [-0.2, 0) is 14.3 Å². The topological polar surface area (TPSA) is 65.0 Å². The van der Waals surface area contributed by atoms with Gasteiger partial charge in [-0.25, -0.2) is 9.59 Å². The fourth-order valence-electron chi connectivity index (χ4n) is 0.959. The summed E-state index contributed by atoms with van der Waals surface area (Å²) < 4.78 is 9.47. The fourth-order valence-corrected chi connectivity index (χ4v) is 1.44. The Morgan fingerprint density at radius 2 is 2.12 bits per heavy atom. The molecule has 5 nitrogen and oxygen atoms in total. The lowest BCUT2D eigenvalue weighted by molar-refractivity contribution is -0.142. The Balaban J connectivity index is 2.95. The molecule has 1 rings (SSSR count). The number of rotatable bonds is 4. The van der Waals surface area contributed by atoms with Crippen molar-refractivity contribution in [3.05, 3.63) is 22.2 Å². The van der Waals surface area contributed by atoms with Crippen LogP contribution in [0.1, 0.15) is 0 Å². The third-order valence-electron chi connectivity index (χ3n) is 1.74. The lowest BCUT2D eigenvalue weighted by Gasteiger charge is -2.08. The van der Waals surface area contributed by atoms with Gasteiger partial charge >= 0.3 is 5.97 Å². The molecule has 0 saturated heterocycles. The first kappa shape index (κ1) is 13.5. The maximum Gasteiger partial charge on any atom is 0.343 e. The minimum absolute atomic E-state index is 0.158. The van der Waals surface area contributed by atoms with E-state index in [0.29, 0.717) is 0 Å². The summed E-state index contributed by atoms with van der Waals surface area (Å²) in [7, 11) is 1.23. The van der Waals surface area contributed by atoms with Gasteiger partial charge < -0.3 is 9.47 Å². The van der Waals surface area contributed by atoms with Crippen molar-refractivity contribution in [1.29, 1.82) is 0 Å². The molecule has 0 bridgehead atoms. The summed E-state index contributed by atoms with van der Waals surface area (Å²) in [5.41, 5.74) is 0.158. The smallest absolute Gasteiger partial charge is 0.343 e. The van der Waals surface area contributed by atoms with Crippen molar-refractivity contribution >= 4 is 40.9 Å². The number of carbonyl (C=O) groups excluding carboxylic acids is 2. The van der Waals surface area contributed by atoms with Crippen molar-refractivity contribution in [2.75, 3.05) is 13.7 Å². The zero-order valence-corrected chi connectivity index (χ0v) is 10.2. The summed E-state index contributed by atoms with van der Waals surface area (Å²) in [5, 5.41) is 0.382. The van der Waals surface area contributed by atoms with Crippen LogP contribution in [0.5, 0.6) is 5.75 Å². The standard InChI is InChI=1S/C10H7Cl2NO4/c1-16-10(15)4-17-9-3-8(13-5-14)6(11)2-7(9)12/h2-3H,4H2,1H3. The summed E-state index contributed by atoms with van der Waals surface area (Å²) in [4.78, 5) is 24.4. The number of halogens is 2. The number of isocyanates is 1. The van der Waals surface area contributed by atoms with E-state index in [4.69, 9.17) is 27.9 Å². The largest absolute Gasteiger partial charge is 0.480 e. The zero-order chi connectivity index (χ0) is 12.8. The van der Waals surface area contributed by atoms with Crippen molar-refractivity contribution in [2.45, 2.75) is 0 Å². The van der Waals surface area contributed by atoms with Gasteiger partial charge in [0.25, 0.3) is 0 Å². The summed E-state index contributed by atoms with van der Waals surface area (Å²) in [6.07, 6.45) is 1.35. The van der Waals surface area contributed by atoms with E-state index in [1.807, 2.05) is 0 Å². The zero-order valence-electron chi connectivity index (χ0n) is 8.70. The number of methoxy groups -OCH3 is 1. The van der Waals surface area contributed by atoms with E-state index in [2.05, 4.69) is 9.73 Å². The molecule has 0 amide bonds. The van der Waals surface area contributed by atoms with Gasteiger partial charge in [-0.3, -0.25) is 0 Å². The third-order valence-corrected chi connectivity index (χ3v) is 2.34. The molecule has 17 heavy (non-hydrogen) atoms. The Bertz CT molecular complexity index is 483. The molecule has 90 valence electrons. The second-order valence-electron chi connectivity index (χ2n) is 2.80. The highest BCUT2D eigenvalue weighted by Crippen LogP contribution is 2.35. The molecule has 0 atom stereocenters. The lowest BCUT2D eigenvalue weighted by Crippen LogP contribution is -2.12. The molecule has 7 heteroatoms. The molecule has 1 aromatic rings. The van der Waals surface area contributed by atoms with Crippen molar-refractivity contribution in [2.24, 2.45) is 4.99 Å². The van der Waals surface area contributed by atoms with Crippen molar-refractivity contribution in [1.82, 2.24) is 0 Å². The first-order valence-corrected chi connectivity index (χ1v) is 5.10. The lowest BCUT2D eigenvalue weighted by atomic mass is 10.3. The molecular formula is C10H7Cl2NO4. The Labute approximate surface area is 107 Å². The van der Waals surface area contributed by atoms with Crippen LogP contribution < -0.4 is 4.74 Å². The molecule has 0 N–H and O–H groups in total. The average molecular weight is 276 g/mol. The normalized spacial score (nSPS) is 9.35. The molecule has 0 aliphatic heterocycles. The summed E-state index contributed by atoms with van der Waals surface area (Å²) in [5.74, 6) is -0.382. The molecule has 0 radical (unpaired) electrons. The molecule has 0 saturated carbocycles. The van der Waals surface area contributed by atoms with E-state index in [9.17, 15) is 9.59 Å². The van der Waals surface area contributed by atoms with E-state index in [1.165, 1.54) is 25.3 Å². The Hall–Kier alpha value is -1.55. The molecule has 0 heterocycles. The van der Waals surface area contributed by atoms with Crippen LogP contribution in [0, 0.1) is 0 Å². The second-order valence-corrected chi connectivity index (χ2v) is 3.62. The van der Waals surface area contributed by atoms with Crippen molar-refractivity contribution < 1.29 is 19.1 Å². The third kappa shape index (κ3) is 3.75. The minimum Gasteiger partial charge on any atom is -0.480 e. The van der Waals surface area contributed by atoms with Gasteiger partial charge in [0.05, 0.1) is 22.8 Å². The van der Waals surface area contributed by atoms with Gasteiger partial charge in [-0.2, -0.15) is 4.99 Å². The number of nitrogens with zero attached hydrogens (tertiary/aromatic N) is 1. The predicted octanol–water partition coefficient (Wildman–Crippen LogP) is 2.51. The predicted molar refractivity (Wildman–Crippen MR) is 61.8 cm³/mol. The highest BCUT2D eigenvalue weighted by atomic mass is 35.5. The van der Waals surface area contributed by atoms with Gasteiger partial charge in [0.2, 0.25) is 6.08 Å². The molecule has 0 aliphatic rings. The minimum atomic E-state index is -0.559. The highest BCUT2D eigenvalue weighted by Gasteiger charge is 2.10. The second kappa shape index (κ2) is 6.25. The molecular weight excluding hydrogens is 269 g/mol. The van der Waals surface area contributed by atoms with E-state index >= 15 is 0 Å². The monoisotopic (exact) mass is 275 g/mol. The number of hydrogen-bond donors (Lipinski definition) is 0. The number of hydrogen-bond acceptors (Lipinski definition) is 5. The molecule has 0 aromatic heterocycles. The van der Waals surface area contributed by atoms with Crippen LogP contribution in [-0.4, -0.2) is 25.8 Å². The Morgan fingerprint density at radius 3 is 2.71 bits per heavy atom. The fraction of sp³-hybridized carbons (Fsp3) is 0.200. The van der Waals surface area contributed by atoms with Gasteiger partial charge in [0.1, 0.15) is 5.75 Å². The quantitative estimate of drug-likeness (QED) is 0.481. The Morgan fingerprint density at radius 1 is 1.41 bits per heavy atom. The Kier molecular flexibility index (Phi) is 4.97. The molecule has 1 aromatic carbocycles. The number of aliphatic imine (C=N–C) groups is 1. The van der Waals surface area contributed by atoms with Crippen LogP contribution in [0.25, 0.3) is 0 Å². The number of benzene rings is 1. The van der Waals surface area contributed by atoms with Crippen LogP contribution >= 0.6 is 23.2 Å². The van der Waals surface area contributed by atoms with Crippen LogP contribution in [0.15, 0.2) is 17.1 Å². The van der Waals surface area contributed by atoms with E-state index in [1.54, 1.807) is 0 Å². The number of carbonyl (C=O) groups is 1. The van der Waals surface area contributed by atoms with Crippen LogP contribution in [0.4, 0.5) is 5.69 Å². The van der Waals surface area contributed by atoms with Crippen molar-refractivity contribution in [3.63, 3.8) is 0 Å². The van der Waals surface area contributed by atoms with E-state index < -0.39 is 5.97 Å². The average Bonchev–Trinajstić information content (AvgIpc) is 2.30. The summed E-state index contributed by atoms with van der Waals surface area (Å²) in [6, 6.07) is 2.68. The summed E-state index contributed by atoms with van der Waals surface area (Å²) >= 11 is 11.6.